The summed E-state index contributed by atoms with van der Waals surface area (Å²) in [5.74, 6) is 0.315. The number of halogens is 3. The number of carbonyl (C=O) groups excluding carboxylic acids is 1. The van der Waals surface area contributed by atoms with Gasteiger partial charge in [0.05, 0.1) is 23.8 Å². The van der Waals surface area contributed by atoms with Crippen LogP contribution in [0.4, 0.5) is 23.7 Å². The first-order chi connectivity index (χ1) is 17.8. The smallest absolute Gasteiger partial charge is 0.381 e. The van der Waals surface area contributed by atoms with Crippen molar-refractivity contribution in [3.63, 3.8) is 0 Å². The molecule has 2 N–H and O–H groups in total. The molecule has 6 rings (SSSR count). The molecule has 4 heterocycles. The second kappa shape index (κ2) is 9.64. The van der Waals surface area contributed by atoms with E-state index < -0.39 is 12.7 Å². The molecular formula is C27H30F3N5O2. The highest BCUT2D eigenvalue weighted by molar-refractivity contribution is 5.96. The SMILES string of the molecule is O=C1Nc2cc3[nH]nc(CC4CCOCC4)c3cc2CN1[C@@H]1CN(CC(F)(F)F)C[C@H]1c1ccccc1. The second-order valence-electron chi connectivity index (χ2n) is 10.4. The molecule has 0 radical (unpaired) electrons. The first-order valence-corrected chi connectivity index (χ1v) is 12.8. The van der Waals surface area contributed by atoms with Crippen LogP contribution >= 0.6 is 0 Å². The standard InChI is InChI=1S/C27H30F3N5O2/c28-27(29,30)16-34-14-21(18-4-2-1-3-5-18)25(15-34)35-13-19-11-20-23(10-17-6-8-37-9-7-17)32-33-24(20)12-22(19)31-26(35)36/h1-5,11-12,17,21,25H,6-10,13-16H2,(H,31,36)(H,32,33)/t21-,25+/m0/s1. The average molecular weight is 514 g/mol. The first-order valence-electron chi connectivity index (χ1n) is 12.8. The van der Waals surface area contributed by atoms with Crippen LogP contribution in [-0.4, -0.2) is 71.1 Å². The number of alkyl halides is 3. The van der Waals surface area contributed by atoms with Crippen molar-refractivity contribution in [2.45, 2.75) is 43.9 Å². The van der Waals surface area contributed by atoms with Gasteiger partial charge in [-0.3, -0.25) is 10.00 Å². The zero-order chi connectivity index (χ0) is 25.6. The third-order valence-corrected chi connectivity index (χ3v) is 7.93. The normalized spacial score (nSPS) is 23.4. The number of hydrogen-bond acceptors (Lipinski definition) is 4. The van der Waals surface area contributed by atoms with E-state index in [9.17, 15) is 18.0 Å². The lowest BCUT2D eigenvalue weighted by atomic mass is 9.92. The number of rotatable bonds is 5. The van der Waals surface area contributed by atoms with Crippen LogP contribution in [0.5, 0.6) is 0 Å². The predicted octanol–water partition coefficient (Wildman–Crippen LogP) is 4.91. The highest BCUT2D eigenvalue weighted by atomic mass is 19.4. The summed E-state index contributed by atoms with van der Waals surface area (Å²) in [6.07, 6.45) is -1.40. The van der Waals surface area contributed by atoms with E-state index >= 15 is 0 Å². The number of H-pyrrole nitrogens is 1. The largest absolute Gasteiger partial charge is 0.401 e. The van der Waals surface area contributed by atoms with Crippen LogP contribution in [-0.2, 0) is 17.7 Å². The van der Waals surface area contributed by atoms with Crippen molar-refractivity contribution in [1.82, 2.24) is 20.0 Å². The van der Waals surface area contributed by atoms with E-state index in [-0.39, 0.29) is 31.1 Å². The molecule has 2 atom stereocenters. The Bertz CT molecular complexity index is 1270. The van der Waals surface area contributed by atoms with E-state index in [1.54, 1.807) is 4.90 Å². The maximum absolute atomic E-state index is 13.3. The Morgan fingerprint density at radius 1 is 1.08 bits per heavy atom. The van der Waals surface area contributed by atoms with Crippen LogP contribution in [0.15, 0.2) is 42.5 Å². The highest BCUT2D eigenvalue weighted by Gasteiger charge is 2.44. The molecule has 0 aliphatic carbocycles. The van der Waals surface area contributed by atoms with Gasteiger partial charge in [-0.1, -0.05) is 30.3 Å². The zero-order valence-electron chi connectivity index (χ0n) is 20.4. The minimum Gasteiger partial charge on any atom is -0.381 e. The lowest BCUT2D eigenvalue weighted by Crippen LogP contribution is -2.48. The minimum absolute atomic E-state index is 0.171. The van der Waals surface area contributed by atoms with Gasteiger partial charge in [-0.05, 0) is 48.4 Å². The molecule has 3 aromatic rings. The van der Waals surface area contributed by atoms with Crippen molar-refractivity contribution in [3.05, 3.63) is 59.3 Å². The van der Waals surface area contributed by atoms with E-state index in [2.05, 4.69) is 21.6 Å². The molecule has 2 saturated heterocycles. The molecular weight excluding hydrogens is 483 g/mol. The Balaban J connectivity index is 1.28. The highest BCUT2D eigenvalue weighted by Crippen LogP contribution is 2.37. The second-order valence-corrected chi connectivity index (χ2v) is 10.4. The minimum atomic E-state index is -4.29. The van der Waals surface area contributed by atoms with Crippen molar-refractivity contribution in [2.24, 2.45) is 5.92 Å². The van der Waals surface area contributed by atoms with Crippen LogP contribution < -0.4 is 5.32 Å². The third-order valence-electron chi connectivity index (χ3n) is 7.93. The number of aromatic nitrogens is 2. The van der Waals surface area contributed by atoms with Gasteiger partial charge < -0.3 is 15.0 Å². The number of benzene rings is 2. The topological polar surface area (TPSA) is 73.5 Å². The number of amides is 2. The number of nitrogens with zero attached hydrogens (tertiary/aromatic N) is 3. The fourth-order valence-corrected chi connectivity index (χ4v) is 6.09. The molecule has 1 aromatic heterocycles. The molecule has 2 amide bonds. The average Bonchev–Trinajstić information content (AvgIpc) is 3.46. The van der Waals surface area contributed by atoms with E-state index in [0.29, 0.717) is 12.5 Å². The number of anilines is 1. The maximum Gasteiger partial charge on any atom is 0.401 e. The summed E-state index contributed by atoms with van der Waals surface area (Å²) in [5, 5.41) is 11.7. The lowest BCUT2D eigenvalue weighted by Gasteiger charge is -2.36. The van der Waals surface area contributed by atoms with E-state index in [1.807, 2.05) is 36.4 Å². The summed E-state index contributed by atoms with van der Waals surface area (Å²) in [7, 11) is 0. The Morgan fingerprint density at radius 3 is 2.62 bits per heavy atom. The molecule has 2 aromatic carbocycles. The summed E-state index contributed by atoms with van der Waals surface area (Å²) in [4.78, 5) is 16.4. The van der Waals surface area contributed by atoms with Gasteiger partial charge in [0.1, 0.15) is 0 Å². The lowest BCUT2D eigenvalue weighted by molar-refractivity contribution is -0.143. The number of urea groups is 1. The Morgan fingerprint density at radius 2 is 1.86 bits per heavy atom. The predicted molar refractivity (Wildman–Crippen MR) is 133 cm³/mol. The molecule has 0 bridgehead atoms. The number of ether oxygens (including phenoxy) is 1. The summed E-state index contributed by atoms with van der Waals surface area (Å²) >= 11 is 0. The summed E-state index contributed by atoms with van der Waals surface area (Å²) in [6.45, 7) is 1.33. The molecule has 37 heavy (non-hydrogen) atoms. The summed E-state index contributed by atoms with van der Waals surface area (Å²) in [5.41, 5.74) is 4.49. The van der Waals surface area contributed by atoms with Crippen molar-refractivity contribution in [1.29, 1.82) is 0 Å². The van der Waals surface area contributed by atoms with Crippen molar-refractivity contribution in [3.8, 4) is 0 Å². The third kappa shape index (κ3) is 5.04. The van der Waals surface area contributed by atoms with Gasteiger partial charge in [-0.15, -0.1) is 0 Å². The molecule has 3 aliphatic rings. The number of hydrogen-bond donors (Lipinski definition) is 2. The molecule has 3 aliphatic heterocycles. The Kier molecular flexibility index (Phi) is 6.32. The molecule has 196 valence electrons. The summed E-state index contributed by atoms with van der Waals surface area (Å²) < 4.78 is 45.2. The quantitative estimate of drug-likeness (QED) is 0.509. The van der Waals surface area contributed by atoms with Crippen molar-refractivity contribution in [2.75, 3.05) is 38.2 Å². The van der Waals surface area contributed by atoms with Gasteiger partial charge in [0.2, 0.25) is 0 Å². The van der Waals surface area contributed by atoms with Gasteiger partial charge in [0.25, 0.3) is 0 Å². The molecule has 2 fully saturated rings. The van der Waals surface area contributed by atoms with Crippen LogP contribution in [0, 0.1) is 5.92 Å². The number of nitrogens with one attached hydrogen (secondary N) is 2. The first kappa shape index (κ1) is 24.2. The van der Waals surface area contributed by atoms with E-state index in [1.165, 1.54) is 4.90 Å². The molecule has 0 spiro atoms. The Labute approximate surface area is 213 Å². The zero-order valence-corrected chi connectivity index (χ0v) is 20.4. The maximum atomic E-state index is 13.3. The van der Waals surface area contributed by atoms with E-state index in [4.69, 9.17) is 4.74 Å². The molecule has 7 nitrogen and oxygen atoms in total. The van der Waals surface area contributed by atoms with Crippen LogP contribution in [0.25, 0.3) is 10.9 Å². The van der Waals surface area contributed by atoms with Crippen LogP contribution in [0.1, 0.15) is 35.6 Å². The van der Waals surface area contributed by atoms with Gasteiger partial charge >= 0.3 is 12.2 Å². The fraction of sp³-hybridized carbons (Fsp3) is 0.481. The van der Waals surface area contributed by atoms with Gasteiger partial charge in [0, 0.05) is 49.8 Å². The van der Waals surface area contributed by atoms with Crippen LogP contribution in [0.3, 0.4) is 0 Å². The summed E-state index contributed by atoms with van der Waals surface area (Å²) in [6, 6.07) is 12.9. The van der Waals surface area contributed by atoms with Crippen molar-refractivity contribution >= 4 is 22.6 Å². The Hall–Kier alpha value is -3.11. The molecule has 0 saturated carbocycles. The van der Waals surface area contributed by atoms with Gasteiger partial charge in [0.15, 0.2) is 0 Å². The van der Waals surface area contributed by atoms with Gasteiger partial charge in [-0.2, -0.15) is 18.3 Å². The number of fused-ring (bicyclic) bond motifs is 2. The fourth-order valence-electron chi connectivity index (χ4n) is 6.09. The van der Waals surface area contributed by atoms with Crippen molar-refractivity contribution < 1.29 is 22.7 Å². The molecule has 10 heteroatoms. The van der Waals surface area contributed by atoms with Crippen LogP contribution in [0.2, 0.25) is 0 Å². The van der Waals surface area contributed by atoms with E-state index in [0.717, 1.165) is 65.9 Å². The molecule has 0 unspecified atom stereocenters. The monoisotopic (exact) mass is 513 g/mol. The number of carbonyl (C=O) groups is 1. The number of aromatic amines is 1. The number of likely N-dealkylation sites (tertiary alicyclic amines) is 1. The van der Waals surface area contributed by atoms with Gasteiger partial charge in [-0.25, -0.2) is 4.79 Å².